The molecule has 0 bridgehead atoms. The highest BCUT2D eigenvalue weighted by atomic mass is 32.2. The van der Waals surface area contributed by atoms with E-state index in [1.807, 2.05) is 0 Å². The van der Waals surface area contributed by atoms with Crippen LogP contribution in [0.4, 0.5) is 14.5 Å². The Morgan fingerprint density at radius 1 is 1.24 bits per heavy atom. The molecule has 0 atom stereocenters. The summed E-state index contributed by atoms with van der Waals surface area (Å²) in [5.41, 5.74) is -0.565. The number of aliphatic hydroxyl groups excluding tert-OH is 1. The van der Waals surface area contributed by atoms with Crippen molar-refractivity contribution in [1.29, 1.82) is 0 Å². The minimum Gasteiger partial charge on any atom is -0.496 e. The Kier molecular flexibility index (Phi) is 5.90. The molecule has 0 radical (unpaired) electrons. The summed E-state index contributed by atoms with van der Waals surface area (Å²) in [6.07, 6.45) is 0.374. The van der Waals surface area contributed by atoms with Gasteiger partial charge in [0.05, 0.1) is 35.1 Å². The monoisotopic (exact) mass is 425 g/mol. The fourth-order valence-corrected chi connectivity index (χ4v) is 4.91. The molecular weight excluding hydrogens is 404 g/mol. The molecule has 1 fully saturated rings. The van der Waals surface area contributed by atoms with E-state index in [4.69, 9.17) is 4.74 Å². The van der Waals surface area contributed by atoms with Crippen molar-refractivity contribution in [2.45, 2.75) is 30.8 Å². The first kappa shape index (κ1) is 21.2. The molecule has 29 heavy (non-hydrogen) atoms. The van der Waals surface area contributed by atoms with Gasteiger partial charge in [-0.25, -0.2) is 17.2 Å². The molecule has 0 saturated heterocycles. The summed E-state index contributed by atoms with van der Waals surface area (Å²) in [5, 5.41) is 11.7. The lowest BCUT2D eigenvalue weighted by molar-refractivity contribution is 0.0526. The number of ether oxygens (including phenoxy) is 1. The lowest BCUT2D eigenvalue weighted by Gasteiger charge is -2.30. The fraction of sp³-hybridized carbons (Fsp3) is 0.350. The zero-order valence-electron chi connectivity index (χ0n) is 15.9. The van der Waals surface area contributed by atoms with Crippen molar-refractivity contribution in [2.75, 3.05) is 18.2 Å². The van der Waals surface area contributed by atoms with Crippen LogP contribution in [0.2, 0.25) is 0 Å². The SMILES string of the molecule is COc1ccc(S(=O)(=O)CC2CC(O)C2)cc1C(=O)Nc1ccc(F)c(C)c1F. The number of rotatable bonds is 6. The van der Waals surface area contributed by atoms with Gasteiger partial charge in [0.25, 0.3) is 5.91 Å². The molecule has 1 aliphatic carbocycles. The number of anilines is 1. The summed E-state index contributed by atoms with van der Waals surface area (Å²) >= 11 is 0. The topological polar surface area (TPSA) is 92.7 Å². The van der Waals surface area contributed by atoms with Gasteiger partial charge < -0.3 is 15.2 Å². The summed E-state index contributed by atoms with van der Waals surface area (Å²) in [5.74, 6) is -2.60. The Labute approximate surface area is 167 Å². The predicted octanol–water partition coefficient (Wildman–Crippen LogP) is 3.08. The van der Waals surface area contributed by atoms with Gasteiger partial charge in [0.1, 0.15) is 11.6 Å². The van der Waals surface area contributed by atoms with Crippen molar-refractivity contribution in [2.24, 2.45) is 5.92 Å². The highest BCUT2D eigenvalue weighted by Gasteiger charge is 2.32. The van der Waals surface area contributed by atoms with Crippen molar-refractivity contribution < 1.29 is 31.8 Å². The van der Waals surface area contributed by atoms with Crippen molar-refractivity contribution in [3.63, 3.8) is 0 Å². The predicted molar refractivity (Wildman–Crippen MR) is 103 cm³/mol. The number of sulfone groups is 1. The summed E-state index contributed by atoms with van der Waals surface area (Å²) in [6.45, 7) is 1.24. The molecule has 6 nitrogen and oxygen atoms in total. The zero-order chi connectivity index (χ0) is 21.3. The third kappa shape index (κ3) is 4.40. The number of halogens is 2. The van der Waals surface area contributed by atoms with E-state index in [-0.39, 0.29) is 39.1 Å². The van der Waals surface area contributed by atoms with Gasteiger partial charge in [0, 0.05) is 5.56 Å². The van der Waals surface area contributed by atoms with Crippen molar-refractivity contribution in [1.82, 2.24) is 0 Å². The van der Waals surface area contributed by atoms with Crippen LogP contribution >= 0.6 is 0 Å². The van der Waals surface area contributed by atoms with Gasteiger partial charge in [-0.05, 0) is 56.0 Å². The van der Waals surface area contributed by atoms with Gasteiger partial charge in [0.2, 0.25) is 0 Å². The van der Waals surface area contributed by atoms with Crippen LogP contribution in [0.25, 0.3) is 0 Å². The highest BCUT2D eigenvalue weighted by Crippen LogP contribution is 2.32. The largest absolute Gasteiger partial charge is 0.496 e. The Bertz CT molecular complexity index is 1050. The maximum atomic E-state index is 14.2. The van der Waals surface area contributed by atoms with E-state index in [1.165, 1.54) is 32.2 Å². The molecular formula is C20H21F2NO5S. The Morgan fingerprint density at radius 2 is 1.93 bits per heavy atom. The maximum Gasteiger partial charge on any atom is 0.259 e. The van der Waals surface area contributed by atoms with Crippen LogP contribution in [-0.2, 0) is 9.84 Å². The number of hydrogen-bond donors (Lipinski definition) is 2. The second kappa shape index (κ2) is 8.08. The molecule has 2 N–H and O–H groups in total. The number of aliphatic hydroxyl groups is 1. The second-order valence-electron chi connectivity index (χ2n) is 7.12. The summed E-state index contributed by atoms with van der Waals surface area (Å²) in [6, 6.07) is 5.98. The Balaban J connectivity index is 1.89. The van der Waals surface area contributed by atoms with E-state index in [2.05, 4.69) is 5.32 Å². The third-order valence-corrected chi connectivity index (χ3v) is 6.89. The number of nitrogens with one attached hydrogen (secondary N) is 1. The molecule has 156 valence electrons. The number of benzene rings is 2. The molecule has 0 aliphatic heterocycles. The van der Waals surface area contributed by atoms with Crippen LogP contribution in [0.15, 0.2) is 35.2 Å². The van der Waals surface area contributed by atoms with Crippen LogP contribution in [-0.4, -0.2) is 38.4 Å². The van der Waals surface area contributed by atoms with Gasteiger partial charge >= 0.3 is 0 Å². The molecule has 0 spiro atoms. The first-order chi connectivity index (χ1) is 13.6. The van der Waals surface area contributed by atoms with Gasteiger partial charge in [0.15, 0.2) is 15.7 Å². The summed E-state index contributed by atoms with van der Waals surface area (Å²) in [7, 11) is -2.37. The quantitative estimate of drug-likeness (QED) is 0.742. The lowest BCUT2D eigenvalue weighted by atomic mass is 9.84. The number of methoxy groups -OCH3 is 1. The molecule has 3 rings (SSSR count). The van der Waals surface area contributed by atoms with Crippen LogP contribution in [0.1, 0.15) is 28.8 Å². The standard InChI is InChI=1S/C20H21F2NO5S/c1-11-16(21)4-5-17(19(11)22)23-20(25)15-9-14(3-6-18(15)28-2)29(26,27)10-12-7-13(24)8-12/h3-6,9,12-13,24H,7-8,10H2,1-2H3,(H,23,25). The van der Waals surface area contributed by atoms with E-state index in [9.17, 15) is 27.1 Å². The minimum atomic E-state index is -3.69. The van der Waals surface area contributed by atoms with Crippen LogP contribution in [0, 0.1) is 24.5 Å². The first-order valence-electron chi connectivity index (χ1n) is 8.97. The summed E-state index contributed by atoms with van der Waals surface area (Å²) < 4.78 is 58.1. The molecule has 0 unspecified atom stereocenters. The van der Waals surface area contributed by atoms with Crippen molar-refractivity contribution >= 4 is 21.4 Å². The molecule has 0 heterocycles. The highest BCUT2D eigenvalue weighted by molar-refractivity contribution is 7.91. The first-order valence-corrected chi connectivity index (χ1v) is 10.6. The molecule has 0 aromatic heterocycles. The van der Waals surface area contributed by atoms with Gasteiger partial charge in [-0.3, -0.25) is 4.79 Å². The average molecular weight is 425 g/mol. The minimum absolute atomic E-state index is 0.0689. The fourth-order valence-electron chi connectivity index (χ4n) is 3.25. The number of carbonyl (C=O) groups excluding carboxylic acids is 1. The molecule has 9 heteroatoms. The smallest absolute Gasteiger partial charge is 0.259 e. The maximum absolute atomic E-state index is 14.2. The van der Waals surface area contributed by atoms with E-state index >= 15 is 0 Å². The number of hydrogen-bond acceptors (Lipinski definition) is 5. The number of amides is 1. The second-order valence-corrected chi connectivity index (χ2v) is 9.16. The average Bonchev–Trinajstić information content (AvgIpc) is 2.66. The molecule has 1 amide bonds. The Morgan fingerprint density at radius 3 is 2.55 bits per heavy atom. The van der Waals surface area contributed by atoms with E-state index in [0.717, 1.165) is 12.1 Å². The van der Waals surface area contributed by atoms with Crippen LogP contribution < -0.4 is 10.1 Å². The third-order valence-electron chi connectivity index (χ3n) is 5.01. The van der Waals surface area contributed by atoms with Crippen molar-refractivity contribution in [3.05, 3.63) is 53.1 Å². The zero-order valence-corrected chi connectivity index (χ0v) is 16.7. The summed E-state index contributed by atoms with van der Waals surface area (Å²) in [4.78, 5) is 12.6. The van der Waals surface area contributed by atoms with Crippen LogP contribution in [0.3, 0.4) is 0 Å². The lowest BCUT2D eigenvalue weighted by Crippen LogP contribution is -2.33. The van der Waals surface area contributed by atoms with Gasteiger partial charge in [-0.1, -0.05) is 0 Å². The molecule has 2 aromatic carbocycles. The molecule has 1 aliphatic rings. The van der Waals surface area contributed by atoms with E-state index in [1.54, 1.807) is 0 Å². The van der Waals surface area contributed by atoms with E-state index < -0.39 is 33.5 Å². The van der Waals surface area contributed by atoms with Gasteiger partial charge in [-0.15, -0.1) is 0 Å². The van der Waals surface area contributed by atoms with Crippen LogP contribution in [0.5, 0.6) is 5.75 Å². The number of carbonyl (C=O) groups is 1. The normalized spacial score (nSPS) is 18.8. The van der Waals surface area contributed by atoms with Gasteiger partial charge in [-0.2, -0.15) is 0 Å². The van der Waals surface area contributed by atoms with E-state index in [0.29, 0.717) is 12.8 Å². The molecule has 2 aromatic rings. The molecule has 1 saturated carbocycles. The Hall–Kier alpha value is -2.52. The van der Waals surface area contributed by atoms with Crippen molar-refractivity contribution in [3.8, 4) is 5.75 Å².